The van der Waals surface area contributed by atoms with Gasteiger partial charge in [-0.15, -0.1) is 12.4 Å². The van der Waals surface area contributed by atoms with E-state index in [4.69, 9.17) is 10.5 Å². The van der Waals surface area contributed by atoms with Gasteiger partial charge < -0.3 is 15.8 Å². The lowest BCUT2D eigenvalue weighted by atomic mass is 10.2. The van der Waals surface area contributed by atoms with E-state index < -0.39 is 0 Å². The van der Waals surface area contributed by atoms with Crippen molar-refractivity contribution >= 4 is 18.3 Å². The number of halogens is 1. The zero-order valence-electron chi connectivity index (χ0n) is 12.4. The number of pyridine rings is 1. The second kappa shape index (κ2) is 9.02. The van der Waals surface area contributed by atoms with Crippen LogP contribution in [0, 0.1) is 0 Å². The first kappa shape index (κ1) is 17.9. The van der Waals surface area contributed by atoms with Crippen LogP contribution in [0.4, 0.5) is 0 Å². The van der Waals surface area contributed by atoms with Gasteiger partial charge in [0.25, 0.3) is 5.91 Å². The minimum Gasteiger partial charge on any atom is -0.494 e. The number of nitrogens with zero attached hydrogens (tertiary/aromatic N) is 1. The summed E-state index contributed by atoms with van der Waals surface area (Å²) in [6.07, 6.45) is 1.59. The van der Waals surface area contributed by atoms with Crippen LogP contribution in [-0.4, -0.2) is 17.5 Å². The van der Waals surface area contributed by atoms with E-state index in [1.54, 1.807) is 18.3 Å². The van der Waals surface area contributed by atoms with Gasteiger partial charge in [-0.1, -0.05) is 12.1 Å². The Bertz CT molecular complexity index is 620. The van der Waals surface area contributed by atoms with E-state index in [2.05, 4.69) is 10.3 Å². The van der Waals surface area contributed by atoms with Crippen molar-refractivity contribution < 1.29 is 9.53 Å². The predicted molar refractivity (Wildman–Crippen MR) is 88.2 cm³/mol. The van der Waals surface area contributed by atoms with Gasteiger partial charge in [-0.3, -0.25) is 9.78 Å². The number of benzene rings is 1. The van der Waals surface area contributed by atoms with Gasteiger partial charge in [-0.05, 0) is 36.8 Å². The van der Waals surface area contributed by atoms with E-state index in [1.165, 1.54) is 0 Å². The van der Waals surface area contributed by atoms with E-state index in [0.29, 0.717) is 31.0 Å². The number of amides is 1. The van der Waals surface area contributed by atoms with Crippen molar-refractivity contribution in [1.29, 1.82) is 0 Å². The molecule has 22 heavy (non-hydrogen) atoms. The molecular formula is C16H20ClN3O2. The summed E-state index contributed by atoms with van der Waals surface area (Å²) in [5.41, 5.74) is 7.77. The summed E-state index contributed by atoms with van der Waals surface area (Å²) in [4.78, 5) is 16.2. The second-order valence-corrected chi connectivity index (χ2v) is 4.50. The fourth-order valence-corrected chi connectivity index (χ4v) is 1.93. The van der Waals surface area contributed by atoms with Crippen LogP contribution >= 0.6 is 12.4 Å². The van der Waals surface area contributed by atoms with Crippen LogP contribution < -0.4 is 15.8 Å². The monoisotopic (exact) mass is 321 g/mol. The van der Waals surface area contributed by atoms with Crippen molar-refractivity contribution in [3.8, 4) is 5.75 Å². The highest BCUT2D eigenvalue weighted by molar-refractivity contribution is 5.94. The van der Waals surface area contributed by atoms with Crippen LogP contribution in [-0.2, 0) is 13.1 Å². The number of rotatable bonds is 6. The van der Waals surface area contributed by atoms with Gasteiger partial charge >= 0.3 is 0 Å². The van der Waals surface area contributed by atoms with Gasteiger partial charge in [-0.25, -0.2) is 0 Å². The van der Waals surface area contributed by atoms with Crippen LogP contribution in [0.5, 0.6) is 5.75 Å². The van der Waals surface area contributed by atoms with Crippen molar-refractivity contribution in [2.24, 2.45) is 5.73 Å². The highest BCUT2D eigenvalue weighted by Gasteiger charge is 2.06. The van der Waals surface area contributed by atoms with Gasteiger partial charge in [0.2, 0.25) is 0 Å². The van der Waals surface area contributed by atoms with Crippen molar-refractivity contribution in [3.63, 3.8) is 0 Å². The summed E-state index contributed by atoms with van der Waals surface area (Å²) in [6, 6.07) is 11.0. The number of hydrogen-bond donors (Lipinski definition) is 2. The molecule has 0 radical (unpaired) electrons. The summed E-state index contributed by atoms with van der Waals surface area (Å²) in [5, 5.41) is 2.87. The molecule has 0 unspecified atom stereocenters. The van der Waals surface area contributed by atoms with Gasteiger partial charge in [0, 0.05) is 24.8 Å². The van der Waals surface area contributed by atoms with Crippen molar-refractivity contribution in [1.82, 2.24) is 10.3 Å². The minimum absolute atomic E-state index is 0. The molecule has 0 spiro atoms. The molecule has 0 fully saturated rings. The smallest absolute Gasteiger partial charge is 0.251 e. The molecule has 0 aliphatic rings. The molecule has 0 aliphatic carbocycles. The number of ether oxygens (including phenoxy) is 1. The van der Waals surface area contributed by atoms with E-state index in [0.717, 1.165) is 11.3 Å². The molecule has 0 saturated carbocycles. The van der Waals surface area contributed by atoms with Gasteiger partial charge in [-0.2, -0.15) is 0 Å². The first-order valence-corrected chi connectivity index (χ1v) is 6.88. The van der Waals surface area contributed by atoms with Crippen LogP contribution in [0.3, 0.4) is 0 Å². The van der Waals surface area contributed by atoms with Crippen molar-refractivity contribution in [2.75, 3.05) is 6.61 Å². The maximum Gasteiger partial charge on any atom is 0.251 e. The molecular weight excluding hydrogens is 302 g/mol. The zero-order chi connectivity index (χ0) is 15.1. The number of carbonyl (C=O) groups is 1. The molecule has 118 valence electrons. The maximum atomic E-state index is 12.1. The van der Waals surface area contributed by atoms with E-state index >= 15 is 0 Å². The summed E-state index contributed by atoms with van der Waals surface area (Å²) >= 11 is 0. The summed E-state index contributed by atoms with van der Waals surface area (Å²) < 4.78 is 5.43. The fraction of sp³-hybridized carbons (Fsp3) is 0.250. The lowest BCUT2D eigenvalue weighted by Crippen LogP contribution is -2.23. The molecule has 2 aromatic rings. The molecule has 0 atom stereocenters. The summed E-state index contributed by atoms with van der Waals surface area (Å²) in [5.74, 6) is 0.660. The molecule has 2 rings (SSSR count). The number of nitrogens with one attached hydrogen (secondary N) is 1. The Morgan fingerprint density at radius 2 is 2.14 bits per heavy atom. The number of nitrogens with two attached hydrogens (primary N) is 1. The highest BCUT2D eigenvalue weighted by Crippen LogP contribution is 2.13. The quantitative estimate of drug-likeness (QED) is 0.855. The van der Waals surface area contributed by atoms with E-state index in [9.17, 15) is 4.79 Å². The summed E-state index contributed by atoms with van der Waals surface area (Å²) in [7, 11) is 0. The first-order valence-electron chi connectivity index (χ1n) is 6.88. The third kappa shape index (κ3) is 5.02. The van der Waals surface area contributed by atoms with Crippen LogP contribution in [0.15, 0.2) is 42.6 Å². The normalized spacial score (nSPS) is 9.73. The van der Waals surface area contributed by atoms with Gasteiger partial charge in [0.15, 0.2) is 0 Å². The molecule has 6 heteroatoms. The van der Waals surface area contributed by atoms with E-state index in [1.807, 2.05) is 31.2 Å². The molecule has 1 heterocycles. The molecule has 1 amide bonds. The third-order valence-corrected chi connectivity index (χ3v) is 2.95. The molecule has 5 nitrogen and oxygen atoms in total. The zero-order valence-corrected chi connectivity index (χ0v) is 13.2. The molecule has 0 bridgehead atoms. The molecule has 0 saturated heterocycles. The Kier molecular flexibility index (Phi) is 7.36. The SMILES string of the molecule is CCOc1cccc(CNC(=O)c2ccnc(CN)c2)c1.Cl. The first-order chi connectivity index (χ1) is 10.2. The molecule has 3 N–H and O–H groups in total. The van der Waals surface area contributed by atoms with E-state index in [-0.39, 0.29) is 18.3 Å². The number of carbonyl (C=O) groups excluding carboxylic acids is 1. The predicted octanol–water partition coefficient (Wildman–Crippen LogP) is 2.29. The van der Waals surface area contributed by atoms with Crippen LogP contribution in [0.1, 0.15) is 28.5 Å². The minimum atomic E-state index is -0.145. The fourth-order valence-electron chi connectivity index (χ4n) is 1.93. The Labute approximate surface area is 136 Å². The third-order valence-electron chi connectivity index (χ3n) is 2.95. The highest BCUT2D eigenvalue weighted by atomic mass is 35.5. The molecule has 0 aliphatic heterocycles. The standard InChI is InChI=1S/C16H19N3O2.ClH/c1-2-21-15-5-3-4-12(8-15)11-19-16(20)13-6-7-18-14(9-13)10-17;/h3-9H,2,10-11,17H2,1H3,(H,19,20);1H. The summed E-state index contributed by atoms with van der Waals surface area (Å²) in [6.45, 7) is 3.32. The van der Waals surface area contributed by atoms with Gasteiger partial charge in [0.05, 0.1) is 12.3 Å². The Hall–Kier alpha value is -2.11. The largest absolute Gasteiger partial charge is 0.494 e. The Morgan fingerprint density at radius 3 is 2.86 bits per heavy atom. The second-order valence-electron chi connectivity index (χ2n) is 4.50. The van der Waals surface area contributed by atoms with Gasteiger partial charge in [0.1, 0.15) is 5.75 Å². The van der Waals surface area contributed by atoms with Crippen LogP contribution in [0.25, 0.3) is 0 Å². The van der Waals surface area contributed by atoms with Crippen molar-refractivity contribution in [3.05, 3.63) is 59.4 Å². The average molecular weight is 322 g/mol. The number of aromatic nitrogens is 1. The Balaban J connectivity index is 0.00000242. The van der Waals surface area contributed by atoms with Crippen LogP contribution in [0.2, 0.25) is 0 Å². The molecule has 1 aromatic heterocycles. The number of hydrogen-bond acceptors (Lipinski definition) is 4. The Morgan fingerprint density at radius 1 is 1.32 bits per heavy atom. The average Bonchev–Trinajstić information content (AvgIpc) is 2.53. The molecule has 1 aromatic carbocycles. The lowest BCUT2D eigenvalue weighted by molar-refractivity contribution is 0.0950. The lowest BCUT2D eigenvalue weighted by Gasteiger charge is -2.08. The maximum absolute atomic E-state index is 12.1. The topological polar surface area (TPSA) is 77.2 Å². The van der Waals surface area contributed by atoms with Crippen molar-refractivity contribution in [2.45, 2.75) is 20.0 Å².